The van der Waals surface area contributed by atoms with Crippen molar-refractivity contribution < 1.29 is 5.11 Å². The molecule has 0 radical (unpaired) electrons. The summed E-state index contributed by atoms with van der Waals surface area (Å²) in [6, 6.07) is 11.3. The summed E-state index contributed by atoms with van der Waals surface area (Å²) >= 11 is 0. The molecular weight excluding hydrogens is 330 g/mol. The van der Waals surface area contributed by atoms with Crippen LogP contribution in [0, 0.1) is 28.6 Å². The number of aliphatic hydroxyl groups is 1. The first-order chi connectivity index (χ1) is 12.6. The molecule has 0 spiro atoms. The zero-order valence-electron chi connectivity index (χ0n) is 14.2. The quantitative estimate of drug-likeness (QED) is 0.771. The normalized spacial score (nSPS) is 14.7. The largest absolute Gasteiger partial charge is 0.396 e. The second kappa shape index (κ2) is 7.30. The molecule has 1 aliphatic rings. The molecule has 26 heavy (non-hydrogen) atoms. The molecule has 1 aliphatic heterocycles. The molecule has 1 aromatic carbocycles. The van der Waals surface area contributed by atoms with Crippen molar-refractivity contribution >= 4 is 11.5 Å². The Kier molecular flexibility index (Phi) is 4.92. The second-order valence-electron chi connectivity index (χ2n) is 6.38. The van der Waals surface area contributed by atoms with Gasteiger partial charge in [0.15, 0.2) is 0 Å². The van der Waals surface area contributed by atoms with Crippen molar-refractivity contribution in [2.24, 2.45) is 5.92 Å². The number of aliphatic hydroxyl groups excluding tert-OH is 1. The molecule has 2 heterocycles. The topological polar surface area (TPSA) is 130 Å². The zero-order chi connectivity index (χ0) is 18.7. The second-order valence-corrected chi connectivity index (χ2v) is 6.38. The minimum absolute atomic E-state index is 0.0401. The Balaban J connectivity index is 1.97. The SMILES string of the molecule is N#Cc1c(N)[nH]c(=O)c(C#N)c1-c1ccc(N2CCC(CO)CC2)cc1. The number of nitrogen functional groups attached to an aromatic ring is 1. The number of nitrogens with two attached hydrogens (primary N) is 1. The molecule has 0 saturated carbocycles. The lowest BCUT2D eigenvalue weighted by Gasteiger charge is -2.33. The van der Waals surface area contributed by atoms with Gasteiger partial charge < -0.3 is 20.7 Å². The maximum Gasteiger partial charge on any atom is 0.268 e. The molecule has 0 atom stereocenters. The van der Waals surface area contributed by atoms with E-state index in [-0.39, 0.29) is 29.1 Å². The summed E-state index contributed by atoms with van der Waals surface area (Å²) in [6.07, 6.45) is 1.89. The summed E-state index contributed by atoms with van der Waals surface area (Å²) < 4.78 is 0. The van der Waals surface area contributed by atoms with E-state index in [9.17, 15) is 20.4 Å². The Labute approximate surface area is 150 Å². The summed E-state index contributed by atoms with van der Waals surface area (Å²) in [5, 5.41) is 28.0. The number of H-pyrrole nitrogens is 1. The van der Waals surface area contributed by atoms with Crippen molar-refractivity contribution in [2.75, 3.05) is 30.3 Å². The summed E-state index contributed by atoms with van der Waals surface area (Å²) in [6.45, 7) is 1.97. The number of rotatable bonds is 3. The van der Waals surface area contributed by atoms with E-state index in [0.29, 0.717) is 11.5 Å². The van der Waals surface area contributed by atoms with Crippen molar-refractivity contribution in [2.45, 2.75) is 12.8 Å². The Morgan fingerprint density at radius 1 is 1.15 bits per heavy atom. The molecule has 0 unspecified atom stereocenters. The van der Waals surface area contributed by atoms with Crippen LogP contribution < -0.4 is 16.2 Å². The number of aromatic nitrogens is 1. The van der Waals surface area contributed by atoms with Gasteiger partial charge in [-0.05, 0) is 36.5 Å². The van der Waals surface area contributed by atoms with E-state index >= 15 is 0 Å². The van der Waals surface area contributed by atoms with Crippen LogP contribution in [0.2, 0.25) is 0 Å². The number of aromatic amines is 1. The predicted octanol–water partition coefficient (Wildman–Crippen LogP) is 1.58. The highest BCUT2D eigenvalue weighted by atomic mass is 16.3. The first kappa shape index (κ1) is 17.5. The molecule has 132 valence electrons. The average molecular weight is 349 g/mol. The van der Waals surface area contributed by atoms with Gasteiger partial charge in [-0.25, -0.2) is 0 Å². The van der Waals surface area contributed by atoms with Crippen molar-refractivity contribution in [1.82, 2.24) is 4.98 Å². The number of piperidine rings is 1. The van der Waals surface area contributed by atoms with Crippen molar-refractivity contribution in [1.29, 1.82) is 10.5 Å². The Morgan fingerprint density at radius 3 is 2.31 bits per heavy atom. The lowest BCUT2D eigenvalue weighted by Crippen LogP contribution is -2.34. The van der Waals surface area contributed by atoms with Crippen LogP contribution in [0.25, 0.3) is 11.1 Å². The summed E-state index contributed by atoms with van der Waals surface area (Å²) in [7, 11) is 0. The minimum Gasteiger partial charge on any atom is -0.396 e. The van der Waals surface area contributed by atoms with E-state index in [0.717, 1.165) is 31.6 Å². The number of nitrogens with zero attached hydrogens (tertiary/aromatic N) is 3. The molecule has 2 aromatic rings. The fraction of sp³-hybridized carbons (Fsp3) is 0.316. The lowest BCUT2D eigenvalue weighted by atomic mass is 9.95. The Hall–Kier alpha value is -3.29. The van der Waals surface area contributed by atoms with Crippen LogP contribution in [-0.2, 0) is 0 Å². The minimum atomic E-state index is -0.603. The van der Waals surface area contributed by atoms with Gasteiger partial charge in [0.2, 0.25) is 0 Å². The highest BCUT2D eigenvalue weighted by Gasteiger charge is 2.20. The summed E-state index contributed by atoms with van der Waals surface area (Å²) in [5.74, 6) is 0.322. The standard InChI is InChI=1S/C19H19N5O2/c20-9-15-17(16(10-21)19(26)23-18(15)22)13-1-3-14(4-2-13)24-7-5-12(11-25)6-8-24/h1-4,12,25H,5-8,11H2,(H3,22,23,26). The average Bonchev–Trinajstić information content (AvgIpc) is 2.68. The highest BCUT2D eigenvalue weighted by Crippen LogP contribution is 2.30. The van der Waals surface area contributed by atoms with E-state index < -0.39 is 5.56 Å². The molecule has 0 amide bonds. The van der Waals surface area contributed by atoms with E-state index in [1.165, 1.54) is 0 Å². The monoisotopic (exact) mass is 349 g/mol. The van der Waals surface area contributed by atoms with Gasteiger partial charge in [0.05, 0.1) is 0 Å². The third-order valence-electron chi connectivity index (χ3n) is 4.86. The van der Waals surface area contributed by atoms with Crippen molar-refractivity contribution in [3.8, 4) is 23.3 Å². The molecule has 7 heteroatoms. The maximum atomic E-state index is 12.0. The van der Waals surface area contributed by atoms with E-state index in [2.05, 4.69) is 9.88 Å². The number of pyridine rings is 1. The van der Waals surface area contributed by atoms with Crippen LogP contribution in [0.15, 0.2) is 29.1 Å². The number of benzene rings is 1. The summed E-state index contributed by atoms with van der Waals surface area (Å²) in [4.78, 5) is 16.6. The summed E-state index contributed by atoms with van der Waals surface area (Å²) in [5.41, 5.74) is 7.02. The van der Waals surface area contributed by atoms with E-state index in [4.69, 9.17) is 5.73 Å². The number of nitrogens with one attached hydrogen (secondary N) is 1. The van der Waals surface area contributed by atoms with Crippen molar-refractivity contribution in [3.05, 3.63) is 45.7 Å². The number of anilines is 2. The third kappa shape index (κ3) is 3.13. The molecular formula is C19H19N5O2. The number of nitriles is 2. The van der Waals surface area contributed by atoms with Crippen LogP contribution in [0.4, 0.5) is 11.5 Å². The third-order valence-corrected chi connectivity index (χ3v) is 4.86. The van der Waals surface area contributed by atoms with Gasteiger partial charge in [-0.3, -0.25) is 4.79 Å². The molecule has 0 aliphatic carbocycles. The van der Waals surface area contributed by atoms with Gasteiger partial charge >= 0.3 is 0 Å². The molecule has 1 fully saturated rings. The van der Waals surface area contributed by atoms with Crippen LogP contribution in [0.3, 0.4) is 0 Å². The molecule has 1 saturated heterocycles. The Morgan fingerprint density at radius 2 is 1.77 bits per heavy atom. The van der Waals surface area contributed by atoms with Crippen LogP contribution in [0.1, 0.15) is 24.0 Å². The van der Waals surface area contributed by atoms with Gasteiger partial charge in [-0.15, -0.1) is 0 Å². The van der Waals surface area contributed by atoms with Gasteiger partial charge in [-0.1, -0.05) is 12.1 Å². The van der Waals surface area contributed by atoms with Gasteiger partial charge in [-0.2, -0.15) is 10.5 Å². The first-order valence-corrected chi connectivity index (χ1v) is 8.41. The van der Waals surface area contributed by atoms with Gasteiger partial charge in [0, 0.05) is 30.9 Å². The fourth-order valence-corrected chi connectivity index (χ4v) is 3.34. The maximum absolute atomic E-state index is 12.0. The predicted molar refractivity (Wildman–Crippen MR) is 98.4 cm³/mol. The molecule has 7 nitrogen and oxygen atoms in total. The number of hydrogen-bond acceptors (Lipinski definition) is 6. The van der Waals surface area contributed by atoms with Gasteiger partial charge in [0.1, 0.15) is 29.1 Å². The first-order valence-electron chi connectivity index (χ1n) is 8.41. The van der Waals surface area contributed by atoms with Crippen LogP contribution in [-0.4, -0.2) is 29.8 Å². The van der Waals surface area contributed by atoms with Gasteiger partial charge in [0.25, 0.3) is 5.56 Å². The number of hydrogen-bond donors (Lipinski definition) is 3. The highest BCUT2D eigenvalue weighted by molar-refractivity contribution is 5.80. The fourth-order valence-electron chi connectivity index (χ4n) is 3.34. The van der Waals surface area contributed by atoms with Crippen molar-refractivity contribution in [3.63, 3.8) is 0 Å². The van der Waals surface area contributed by atoms with Crippen LogP contribution >= 0.6 is 0 Å². The Bertz CT molecular complexity index is 942. The molecule has 4 N–H and O–H groups in total. The molecule has 0 bridgehead atoms. The van der Waals surface area contributed by atoms with E-state index in [1.54, 1.807) is 12.1 Å². The van der Waals surface area contributed by atoms with E-state index in [1.807, 2.05) is 24.3 Å². The zero-order valence-corrected chi connectivity index (χ0v) is 14.2. The lowest BCUT2D eigenvalue weighted by molar-refractivity contribution is 0.203. The van der Waals surface area contributed by atoms with Crippen LogP contribution in [0.5, 0.6) is 0 Å². The molecule has 1 aromatic heterocycles. The molecule has 3 rings (SSSR count). The smallest absolute Gasteiger partial charge is 0.268 e.